The molecule has 0 bridgehead atoms. The van der Waals surface area contributed by atoms with E-state index < -0.39 is 12.2 Å². The van der Waals surface area contributed by atoms with Gasteiger partial charge in [0.15, 0.2) is 5.12 Å². The van der Waals surface area contributed by atoms with Crippen molar-refractivity contribution in [3.8, 4) is 0 Å². The molecule has 0 radical (unpaired) electrons. The first-order valence-corrected chi connectivity index (χ1v) is 14.4. The Morgan fingerprint density at radius 1 is 0.675 bits per heavy atom. The summed E-state index contributed by atoms with van der Waals surface area (Å²) in [6.07, 6.45) is 3.21. The van der Waals surface area contributed by atoms with E-state index in [0.29, 0.717) is 26.4 Å². The summed E-state index contributed by atoms with van der Waals surface area (Å²) in [6.45, 7) is 3.18. The average molecular weight is 553 g/mol. The number of hydrogen-bond acceptors (Lipinski definition) is 5. The summed E-state index contributed by atoms with van der Waals surface area (Å²) < 4.78 is 19.3. The fourth-order valence-electron chi connectivity index (χ4n) is 4.25. The van der Waals surface area contributed by atoms with Gasteiger partial charge in [-0.15, -0.1) is 0 Å². The van der Waals surface area contributed by atoms with Crippen molar-refractivity contribution < 1.29 is 19.0 Å². The minimum absolute atomic E-state index is 0.00969. The Bertz CT molecular complexity index is 1280. The highest BCUT2D eigenvalue weighted by atomic mass is 32.2. The summed E-state index contributed by atoms with van der Waals surface area (Å²) in [5.41, 5.74) is 4.27. The summed E-state index contributed by atoms with van der Waals surface area (Å²) in [6, 6.07) is 40.3. The van der Waals surface area contributed by atoms with E-state index in [1.54, 1.807) is 6.92 Å². The van der Waals surface area contributed by atoms with Crippen LogP contribution in [0.15, 0.2) is 127 Å². The molecule has 0 aromatic heterocycles. The maximum absolute atomic E-state index is 12.4. The quantitative estimate of drug-likeness (QED) is 0.151. The molecule has 0 aliphatic rings. The zero-order chi connectivity index (χ0) is 27.8. The van der Waals surface area contributed by atoms with Gasteiger partial charge in [-0.3, -0.25) is 4.79 Å². The van der Waals surface area contributed by atoms with E-state index in [0.717, 1.165) is 22.3 Å². The third kappa shape index (κ3) is 10.2. The van der Waals surface area contributed by atoms with Gasteiger partial charge in [-0.25, -0.2) is 0 Å². The molecule has 4 rings (SSSR count). The van der Waals surface area contributed by atoms with Gasteiger partial charge in [-0.05, 0) is 22.3 Å². The van der Waals surface area contributed by atoms with Crippen molar-refractivity contribution in [2.24, 2.45) is 0 Å². The van der Waals surface area contributed by atoms with Crippen LogP contribution in [0.25, 0.3) is 6.08 Å². The van der Waals surface area contributed by atoms with Crippen molar-refractivity contribution >= 4 is 23.0 Å². The van der Waals surface area contributed by atoms with E-state index in [9.17, 15) is 4.79 Å². The Balaban J connectivity index is 1.60. The Labute approximate surface area is 242 Å². The highest BCUT2D eigenvalue weighted by molar-refractivity contribution is 8.14. The van der Waals surface area contributed by atoms with E-state index in [1.165, 1.54) is 11.8 Å². The molecule has 5 heteroatoms. The van der Waals surface area contributed by atoms with Crippen LogP contribution in [-0.4, -0.2) is 29.2 Å². The summed E-state index contributed by atoms with van der Waals surface area (Å²) in [4.78, 5) is 12.4. The van der Waals surface area contributed by atoms with Gasteiger partial charge in [0.05, 0.1) is 31.7 Å². The van der Waals surface area contributed by atoms with E-state index in [2.05, 4.69) is 18.2 Å². The first-order valence-electron chi connectivity index (χ1n) is 13.5. The Morgan fingerprint density at radius 2 is 1.15 bits per heavy atom. The van der Waals surface area contributed by atoms with Crippen LogP contribution < -0.4 is 0 Å². The molecule has 4 nitrogen and oxygen atoms in total. The molecule has 0 N–H and O–H groups in total. The molecule has 206 valence electrons. The topological polar surface area (TPSA) is 44.8 Å². The number of ether oxygens (including phenoxy) is 3. The second kappa shape index (κ2) is 16.6. The average Bonchev–Trinajstić information content (AvgIpc) is 3.00. The third-order valence-electron chi connectivity index (χ3n) is 6.25. The van der Waals surface area contributed by atoms with Crippen molar-refractivity contribution in [2.45, 2.75) is 44.2 Å². The number of benzene rings is 4. The molecule has 3 atom stereocenters. The summed E-state index contributed by atoms with van der Waals surface area (Å²) in [5, 5.41) is -0.276. The van der Waals surface area contributed by atoms with Gasteiger partial charge in [-0.2, -0.15) is 0 Å². The molecular formula is C35H36O4S. The number of hydrogen-bond donors (Lipinski definition) is 0. The largest absolute Gasteiger partial charge is 0.376 e. The van der Waals surface area contributed by atoms with Crippen molar-refractivity contribution in [3.63, 3.8) is 0 Å². The minimum atomic E-state index is -0.450. The first kappa shape index (κ1) is 29.5. The summed E-state index contributed by atoms with van der Waals surface area (Å²) >= 11 is 1.25. The lowest BCUT2D eigenvalue weighted by Crippen LogP contribution is -2.41. The molecule has 0 spiro atoms. The van der Waals surface area contributed by atoms with E-state index >= 15 is 0 Å². The molecule has 0 aliphatic carbocycles. The van der Waals surface area contributed by atoms with Gasteiger partial charge in [0.2, 0.25) is 0 Å². The van der Waals surface area contributed by atoms with Crippen LogP contribution in [0, 0.1) is 0 Å². The SMILES string of the molecule is CC(=O)SC(COCc1ccccc1)C(OCc1ccccc1)C(/C=C/c1ccccc1)OCc1ccccc1. The molecule has 3 unspecified atom stereocenters. The monoisotopic (exact) mass is 552 g/mol. The lowest BCUT2D eigenvalue weighted by molar-refractivity contribution is -0.109. The summed E-state index contributed by atoms with van der Waals surface area (Å²) in [7, 11) is 0. The maximum Gasteiger partial charge on any atom is 0.186 e. The summed E-state index contributed by atoms with van der Waals surface area (Å²) in [5.74, 6) is 0. The molecule has 0 heterocycles. The van der Waals surface area contributed by atoms with Crippen molar-refractivity contribution in [1.29, 1.82) is 0 Å². The number of rotatable bonds is 15. The lowest BCUT2D eigenvalue weighted by atomic mass is 10.1. The molecule has 0 saturated heterocycles. The predicted octanol–water partition coefficient (Wildman–Crippen LogP) is 7.74. The second-order valence-corrected chi connectivity index (χ2v) is 10.9. The van der Waals surface area contributed by atoms with Gasteiger partial charge >= 0.3 is 0 Å². The standard InChI is InChI=1S/C35H36O4S/c1-28(36)40-34(27-37-24-30-16-8-3-9-17-30)35(39-26-32-20-12-5-13-21-32)33(23-22-29-14-6-2-7-15-29)38-25-31-18-10-4-11-19-31/h2-23,33-35H,24-27H2,1H3/b23-22+. The van der Waals surface area contributed by atoms with Gasteiger partial charge < -0.3 is 14.2 Å². The lowest BCUT2D eigenvalue weighted by Gasteiger charge is -2.31. The Morgan fingerprint density at radius 3 is 1.68 bits per heavy atom. The van der Waals surface area contributed by atoms with Crippen LogP contribution in [-0.2, 0) is 38.8 Å². The Kier molecular flexibility index (Phi) is 12.2. The van der Waals surface area contributed by atoms with Crippen LogP contribution in [0.5, 0.6) is 0 Å². The van der Waals surface area contributed by atoms with Crippen LogP contribution in [0.4, 0.5) is 0 Å². The van der Waals surface area contributed by atoms with E-state index in [4.69, 9.17) is 14.2 Å². The van der Waals surface area contributed by atoms with Crippen LogP contribution in [0.2, 0.25) is 0 Å². The van der Waals surface area contributed by atoms with Crippen LogP contribution in [0.1, 0.15) is 29.2 Å². The molecule has 0 amide bonds. The molecule has 0 fully saturated rings. The zero-order valence-electron chi connectivity index (χ0n) is 22.8. The van der Waals surface area contributed by atoms with Gasteiger partial charge in [0.25, 0.3) is 0 Å². The third-order valence-corrected chi connectivity index (χ3v) is 7.29. The van der Waals surface area contributed by atoms with Crippen LogP contribution >= 0.6 is 11.8 Å². The minimum Gasteiger partial charge on any atom is -0.376 e. The number of carbonyl (C=O) groups excluding carboxylic acids is 1. The van der Waals surface area contributed by atoms with E-state index in [1.807, 2.05) is 115 Å². The smallest absolute Gasteiger partial charge is 0.186 e. The number of thioether (sulfide) groups is 1. The predicted molar refractivity (Wildman–Crippen MR) is 164 cm³/mol. The molecule has 0 saturated carbocycles. The second-order valence-electron chi connectivity index (χ2n) is 9.44. The maximum atomic E-state index is 12.4. The highest BCUT2D eigenvalue weighted by Crippen LogP contribution is 2.26. The fraction of sp³-hybridized carbons (Fsp3) is 0.229. The first-order chi connectivity index (χ1) is 19.7. The molecule has 40 heavy (non-hydrogen) atoms. The van der Waals surface area contributed by atoms with Crippen LogP contribution in [0.3, 0.4) is 0 Å². The molecular weight excluding hydrogens is 516 g/mol. The van der Waals surface area contributed by atoms with Crippen molar-refractivity contribution in [2.75, 3.05) is 6.61 Å². The number of carbonyl (C=O) groups is 1. The zero-order valence-corrected chi connectivity index (χ0v) is 23.6. The van der Waals surface area contributed by atoms with Crippen molar-refractivity contribution in [1.82, 2.24) is 0 Å². The van der Waals surface area contributed by atoms with Gasteiger partial charge in [0, 0.05) is 6.92 Å². The molecule has 4 aromatic carbocycles. The fourth-order valence-corrected chi connectivity index (χ4v) is 5.21. The normalized spacial score (nSPS) is 13.6. The highest BCUT2D eigenvalue weighted by Gasteiger charge is 2.32. The van der Waals surface area contributed by atoms with Gasteiger partial charge in [-0.1, -0.05) is 145 Å². The van der Waals surface area contributed by atoms with E-state index in [-0.39, 0.29) is 10.4 Å². The molecule has 0 aliphatic heterocycles. The Hall–Kier alpha value is -3.48. The van der Waals surface area contributed by atoms with Gasteiger partial charge in [0.1, 0.15) is 12.2 Å². The molecule has 4 aromatic rings. The van der Waals surface area contributed by atoms with Crippen molar-refractivity contribution in [3.05, 3.63) is 150 Å².